The van der Waals surface area contributed by atoms with Crippen LogP contribution in [0, 0.1) is 0 Å². The van der Waals surface area contributed by atoms with Crippen LogP contribution in [0.2, 0.25) is 0 Å². The highest BCUT2D eigenvalue weighted by Crippen LogP contribution is 2.25. The lowest BCUT2D eigenvalue weighted by Gasteiger charge is -2.27. The van der Waals surface area contributed by atoms with Crippen molar-refractivity contribution in [2.24, 2.45) is 10.9 Å². The zero-order valence-corrected chi connectivity index (χ0v) is 9.11. The second kappa shape index (κ2) is 5.20. The maximum Gasteiger partial charge on any atom is 0.140 e. The highest BCUT2D eigenvalue weighted by atomic mass is 16.4. The summed E-state index contributed by atoms with van der Waals surface area (Å²) >= 11 is 0. The predicted octanol–water partition coefficient (Wildman–Crippen LogP) is 1.39. The van der Waals surface area contributed by atoms with E-state index in [1.807, 2.05) is 0 Å². The van der Waals surface area contributed by atoms with E-state index in [0.717, 1.165) is 6.54 Å². The molecule has 0 aromatic carbocycles. The molecule has 1 aliphatic rings. The molecule has 1 heterocycles. The number of oxime groups is 1. The van der Waals surface area contributed by atoms with Crippen LogP contribution in [0.15, 0.2) is 5.16 Å². The van der Waals surface area contributed by atoms with Crippen molar-refractivity contribution in [2.75, 3.05) is 6.54 Å². The van der Waals surface area contributed by atoms with Gasteiger partial charge in [0.2, 0.25) is 0 Å². The molecule has 0 radical (unpaired) electrons. The fraction of sp³-hybridized carbons (Fsp3) is 0.900. The maximum atomic E-state index is 8.44. The maximum absolute atomic E-state index is 8.44. The van der Waals surface area contributed by atoms with Crippen molar-refractivity contribution in [3.63, 3.8) is 0 Å². The number of nitrogens with zero attached hydrogens (tertiary/aromatic N) is 2. The van der Waals surface area contributed by atoms with E-state index in [1.54, 1.807) is 0 Å². The smallest absolute Gasteiger partial charge is 0.140 e. The molecule has 0 aromatic heterocycles. The number of hydrogen-bond acceptors (Lipinski definition) is 3. The topological polar surface area (TPSA) is 61.8 Å². The minimum absolute atomic E-state index is 0.332. The first-order valence-corrected chi connectivity index (χ1v) is 5.41. The van der Waals surface area contributed by atoms with Gasteiger partial charge in [0.25, 0.3) is 0 Å². The van der Waals surface area contributed by atoms with Crippen molar-refractivity contribution >= 4 is 5.84 Å². The summed E-state index contributed by atoms with van der Waals surface area (Å²) in [5.74, 6) is 0.332. The molecule has 3 N–H and O–H groups in total. The fourth-order valence-corrected chi connectivity index (χ4v) is 2.26. The summed E-state index contributed by atoms with van der Waals surface area (Å²) in [7, 11) is 0. The van der Waals surface area contributed by atoms with Crippen LogP contribution in [-0.4, -0.2) is 34.6 Å². The molecule has 1 aliphatic heterocycles. The van der Waals surface area contributed by atoms with Gasteiger partial charge in [0.1, 0.15) is 5.84 Å². The molecule has 0 saturated carbocycles. The molecule has 1 fully saturated rings. The third-order valence-electron chi connectivity index (χ3n) is 3.18. The van der Waals surface area contributed by atoms with Gasteiger partial charge in [-0.15, -0.1) is 0 Å². The Kier molecular flexibility index (Phi) is 4.20. The Hall–Kier alpha value is -0.770. The Labute approximate surface area is 85.8 Å². The van der Waals surface area contributed by atoms with Gasteiger partial charge in [-0.25, -0.2) is 0 Å². The number of likely N-dealkylation sites (tertiary alicyclic amines) is 1. The Morgan fingerprint density at radius 3 is 2.86 bits per heavy atom. The molecule has 0 bridgehead atoms. The summed E-state index contributed by atoms with van der Waals surface area (Å²) in [4.78, 5) is 2.47. The van der Waals surface area contributed by atoms with E-state index >= 15 is 0 Å². The summed E-state index contributed by atoms with van der Waals surface area (Å²) in [5.41, 5.74) is 5.46. The van der Waals surface area contributed by atoms with E-state index in [-0.39, 0.29) is 0 Å². The zero-order valence-electron chi connectivity index (χ0n) is 9.11. The van der Waals surface area contributed by atoms with E-state index < -0.39 is 0 Å². The van der Waals surface area contributed by atoms with Gasteiger partial charge in [0.15, 0.2) is 0 Å². The molecule has 0 aromatic rings. The predicted molar refractivity (Wildman–Crippen MR) is 57.5 cm³/mol. The van der Waals surface area contributed by atoms with Crippen LogP contribution in [0.5, 0.6) is 0 Å². The Morgan fingerprint density at radius 2 is 2.29 bits per heavy atom. The average Bonchev–Trinajstić information content (AvgIpc) is 2.55. The average molecular weight is 199 g/mol. The molecule has 4 heteroatoms. The molecule has 1 saturated heterocycles. The molecular weight excluding hydrogens is 178 g/mol. The lowest BCUT2D eigenvalue weighted by atomic mass is 10.1. The van der Waals surface area contributed by atoms with Gasteiger partial charge in [-0.05, 0) is 26.2 Å². The number of hydrogen-bond donors (Lipinski definition) is 2. The monoisotopic (exact) mass is 199 g/mol. The third-order valence-corrected chi connectivity index (χ3v) is 3.18. The molecule has 2 atom stereocenters. The summed E-state index contributed by atoms with van der Waals surface area (Å²) in [5, 5.41) is 11.4. The Morgan fingerprint density at radius 1 is 1.57 bits per heavy atom. The highest BCUT2D eigenvalue weighted by molar-refractivity contribution is 5.79. The molecule has 4 nitrogen and oxygen atoms in total. The first-order valence-electron chi connectivity index (χ1n) is 5.41. The van der Waals surface area contributed by atoms with Crippen LogP contribution in [-0.2, 0) is 0 Å². The van der Waals surface area contributed by atoms with E-state index in [2.05, 4.69) is 23.9 Å². The van der Waals surface area contributed by atoms with Gasteiger partial charge in [-0.3, -0.25) is 4.90 Å². The fourth-order valence-electron chi connectivity index (χ4n) is 2.26. The second-order valence-corrected chi connectivity index (χ2v) is 4.07. The van der Waals surface area contributed by atoms with E-state index in [4.69, 9.17) is 10.9 Å². The Bertz CT molecular complexity index is 206. The van der Waals surface area contributed by atoms with E-state index in [1.165, 1.54) is 19.3 Å². The molecule has 82 valence electrons. The van der Waals surface area contributed by atoms with Crippen LogP contribution in [0.25, 0.3) is 0 Å². The van der Waals surface area contributed by atoms with Gasteiger partial charge in [0.05, 0.1) is 0 Å². The molecule has 1 rings (SSSR count). The van der Waals surface area contributed by atoms with Crippen LogP contribution in [0.3, 0.4) is 0 Å². The zero-order chi connectivity index (χ0) is 10.6. The third kappa shape index (κ3) is 2.61. The van der Waals surface area contributed by atoms with E-state index in [0.29, 0.717) is 24.3 Å². The summed E-state index contributed by atoms with van der Waals surface area (Å²) < 4.78 is 0. The largest absolute Gasteiger partial charge is 0.409 e. The number of nitrogens with two attached hydrogens (primary N) is 1. The van der Waals surface area contributed by atoms with Crippen LogP contribution in [0.1, 0.15) is 39.5 Å². The van der Waals surface area contributed by atoms with Crippen LogP contribution in [0.4, 0.5) is 0 Å². The van der Waals surface area contributed by atoms with Crippen molar-refractivity contribution in [1.29, 1.82) is 0 Å². The summed E-state index contributed by atoms with van der Waals surface area (Å²) in [6, 6.07) is 1.34. The van der Waals surface area contributed by atoms with E-state index in [9.17, 15) is 0 Å². The van der Waals surface area contributed by atoms with Crippen molar-refractivity contribution in [3.05, 3.63) is 0 Å². The van der Waals surface area contributed by atoms with Gasteiger partial charge >= 0.3 is 0 Å². The first-order chi connectivity index (χ1) is 6.69. The quantitative estimate of drug-likeness (QED) is 0.311. The van der Waals surface area contributed by atoms with Crippen molar-refractivity contribution in [2.45, 2.75) is 51.6 Å². The molecule has 2 unspecified atom stereocenters. The minimum atomic E-state index is 0.332. The number of amidine groups is 1. The SMILES string of the molecule is CCC1CCC(C)N1CCC(N)=NO. The van der Waals surface area contributed by atoms with Crippen LogP contribution < -0.4 is 5.73 Å². The van der Waals surface area contributed by atoms with Crippen molar-refractivity contribution < 1.29 is 5.21 Å². The van der Waals surface area contributed by atoms with Crippen LogP contribution >= 0.6 is 0 Å². The van der Waals surface area contributed by atoms with Crippen molar-refractivity contribution in [3.8, 4) is 0 Å². The van der Waals surface area contributed by atoms with Gasteiger partial charge in [-0.1, -0.05) is 12.1 Å². The summed E-state index contributed by atoms with van der Waals surface area (Å²) in [6.45, 7) is 5.39. The molecule has 0 spiro atoms. The normalized spacial score (nSPS) is 29.7. The molecule has 14 heavy (non-hydrogen) atoms. The van der Waals surface area contributed by atoms with Gasteiger partial charge < -0.3 is 10.9 Å². The highest BCUT2D eigenvalue weighted by Gasteiger charge is 2.28. The Balaban J connectivity index is 2.41. The lowest BCUT2D eigenvalue weighted by Crippen LogP contribution is -2.36. The van der Waals surface area contributed by atoms with Crippen molar-refractivity contribution in [1.82, 2.24) is 4.90 Å². The van der Waals surface area contributed by atoms with Gasteiger partial charge in [0, 0.05) is 25.0 Å². The van der Waals surface area contributed by atoms with Gasteiger partial charge in [-0.2, -0.15) is 0 Å². The standard InChI is InChI=1S/C10H21N3O/c1-3-9-5-4-8(2)13(9)7-6-10(11)12-14/h8-9,14H,3-7H2,1-2H3,(H2,11,12). The minimum Gasteiger partial charge on any atom is -0.409 e. The molecule has 0 amide bonds. The first kappa shape index (κ1) is 11.3. The molecular formula is C10H21N3O. The second-order valence-electron chi connectivity index (χ2n) is 4.07. The number of rotatable bonds is 4. The molecule has 0 aliphatic carbocycles. The lowest BCUT2D eigenvalue weighted by molar-refractivity contribution is 0.203. The summed E-state index contributed by atoms with van der Waals surface area (Å²) in [6.07, 6.45) is 4.42.